The van der Waals surface area contributed by atoms with Crippen LogP contribution in [0.1, 0.15) is 43.2 Å². The number of aliphatic hydroxyl groups is 1. The Kier molecular flexibility index (Phi) is 4.69. The Morgan fingerprint density at radius 1 is 1.00 bits per heavy atom. The number of aliphatic hydroxyl groups excluding tert-OH is 1. The predicted octanol–water partition coefficient (Wildman–Crippen LogP) is 6.50. The van der Waals surface area contributed by atoms with E-state index in [-0.39, 0.29) is 11.3 Å². The molecule has 0 atom stereocenters. The third kappa shape index (κ3) is 3.13. The molecule has 0 saturated heterocycles. The van der Waals surface area contributed by atoms with E-state index in [0.717, 1.165) is 36.0 Å². The minimum atomic E-state index is -0.864. The topological polar surface area (TPSA) is 46.5 Å². The number of aryl methyl sites for hydroxylation is 1. The van der Waals surface area contributed by atoms with Gasteiger partial charge in [0, 0.05) is 15.6 Å². The van der Waals surface area contributed by atoms with Crippen molar-refractivity contribution in [2.24, 2.45) is 0 Å². The Hall–Kier alpha value is -1.97. The summed E-state index contributed by atoms with van der Waals surface area (Å²) in [4.78, 5) is 12.6. The number of benzene rings is 2. The smallest absolute Gasteiger partial charge is 0.343 e. The Bertz CT molecular complexity index is 939. The molecule has 1 heterocycles. The maximum absolute atomic E-state index is 12.6. The molecule has 1 aliphatic heterocycles. The molecular weight excluding hydrogens is 383 g/mol. The van der Waals surface area contributed by atoms with Gasteiger partial charge in [-0.25, -0.2) is 4.79 Å². The summed E-state index contributed by atoms with van der Waals surface area (Å²) in [7, 11) is 0. The molecule has 1 fully saturated rings. The molecule has 0 amide bonds. The van der Waals surface area contributed by atoms with Gasteiger partial charge < -0.3 is 9.84 Å². The number of halogens is 2. The lowest BCUT2D eigenvalue weighted by Crippen LogP contribution is -2.34. The largest absolute Gasteiger partial charge is 0.507 e. The van der Waals surface area contributed by atoms with Gasteiger partial charge in [-0.2, -0.15) is 0 Å². The highest BCUT2D eigenvalue weighted by Crippen LogP contribution is 2.47. The van der Waals surface area contributed by atoms with E-state index in [1.807, 2.05) is 43.3 Å². The second kappa shape index (κ2) is 6.88. The van der Waals surface area contributed by atoms with Crippen LogP contribution in [0.4, 0.5) is 0 Å². The molecule has 2 aromatic rings. The molecule has 0 radical (unpaired) electrons. The first kappa shape index (κ1) is 18.4. The number of esters is 1. The molecule has 1 aliphatic carbocycles. The van der Waals surface area contributed by atoms with Crippen molar-refractivity contribution in [2.75, 3.05) is 0 Å². The van der Waals surface area contributed by atoms with Crippen molar-refractivity contribution in [3.05, 3.63) is 63.3 Å². The minimum Gasteiger partial charge on any atom is -0.507 e. The lowest BCUT2D eigenvalue weighted by Gasteiger charge is -2.31. The van der Waals surface area contributed by atoms with Gasteiger partial charge in [-0.15, -0.1) is 0 Å². The van der Waals surface area contributed by atoms with Gasteiger partial charge in [0.2, 0.25) is 0 Å². The van der Waals surface area contributed by atoms with Crippen LogP contribution in [0.3, 0.4) is 0 Å². The van der Waals surface area contributed by atoms with Gasteiger partial charge in [0.15, 0.2) is 11.4 Å². The summed E-state index contributed by atoms with van der Waals surface area (Å²) >= 11 is 12.5. The predicted molar refractivity (Wildman–Crippen MR) is 108 cm³/mol. The van der Waals surface area contributed by atoms with Crippen molar-refractivity contribution < 1.29 is 14.6 Å². The normalized spacial score (nSPS) is 18.9. The summed E-state index contributed by atoms with van der Waals surface area (Å²) in [5.41, 5.74) is 2.76. The molecule has 27 heavy (non-hydrogen) atoms. The number of hydrogen-bond donors (Lipinski definition) is 1. The van der Waals surface area contributed by atoms with Crippen molar-refractivity contribution in [3.63, 3.8) is 0 Å². The Morgan fingerprint density at radius 2 is 1.67 bits per heavy atom. The van der Waals surface area contributed by atoms with Gasteiger partial charge in [-0.05, 0) is 73.6 Å². The monoisotopic (exact) mass is 402 g/mol. The first-order valence-electron chi connectivity index (χ1n) is 9.15. The van der Waals surface area contributed by atoms with E-state index in [2.05, 4.69) is 0 Å². The molecule has 1 N–H and O–H groups in total. The Balaban J connectivity index is 1.79. The van der Waals surface area contributed by atoms with Crippen LogP contribution in [0.25, 0.3) is 16.7 Å². The van der Waals surface area contributed by atoms with Gasteiger partial charge in [0.05, 0.1) is 0 Å². The zero-order valence-electron chi connectivity index (χ0n) is 15.0. The zero-order valence-corrected chi connectivity index (χ0v) is 16.5. The summed E-state index contributed by atoms with van der Waals surface area (Å²) in [6, 6.07) is 11.2. The maximum atomic E-state index is 12.6. The fourth-order valence-electron chi connectivity index (χ4n) is 4.11. The Labute approximate surface area is 168 Å². The number of carbonyl (C=O) groups is 1. The van der Waals surface area contributed by atoms with Crippen LogP contribution < -0.4 is 0 Å². The second-order valence-corrected chi connectivity index (χ2v) is 8.17. The van der Waals surface area contributed by atoms with E-state index in [9.17, 15) is 9.90 Å². The summed E-state index contributed by atoms with van der Waals surface area (Å²) < 4.78 is 5.66. The van der Waals surface area contributed by atoms with E-state index in [4.69, 9.17) is 27.9 Å². The molecule has 5 heteroatoms. The highest BCUT2D eigenvalue weighted by molar-refractivity contribution is 6.35. The lowest BCUT2D eigenvalue weighted by atomic mass is 9.82. The van der Waals surface area contributed by atoms with E-state index in [1.165, 1.54) is 0 Å². The van der Waals surface area contributed by atoms with Crippen LogP contribution in [0.5, 0.6) is 0 Å². The Morgan fingerprint density at radius 3 is 2.33 bits per heavy atom. The van der Waals surface area contributed by atoms with Crippen LogP contribution in [-0.2, 0) is 9.53 Å². The molecule has 1 spiro atoms. The zero-order chi connectivity index (χ0) is 19.2. The van der Waals surface area contributed by atoms with Crippen LogP contribution in [0.15, 0.2) is 42.2 Å². The fraction of sp³-hybridized carbons (Fsp3) is 0.318. The average molecular weight is 403 g/mol. The second-order valence-electron chi connectivity index (χ2n) is 7.32. The van der Waals surface area contributed by atoms with Gasteiger partial charge >= 0.3 is 5.97 Å². The molecule has 2 aliphatic rings. The lowest BCUT2D eigenvalue weighted by molar-refractivity contribution is -0.149. The highest BCUT2D eigenvalue weighted by atomic mass is 35.5. The molecule has 140 valence electrons. The van der Waals surface area contributed by atoms with E-state index < -0.39 is 11.6 Å². The first-order chi connectivity index (χ1) is 12.9. The van der Waals surface area contributed by atoms with Gasteiger partial charge in [-0.3, -0.25) is 0 Å². The third-order valence-electron chi connectivity index (χ3n) is 5.56. The highest BCUT2D eigenvalue weighted by Gasteiger charge is 2.49. The van der Waals surface area contributed by atoms with Crippen LogP contribution in [0.2, 0.25) is 10.0 Å². The van der Waals surface area contributed by atoms with Crippen molar-refractivity contribution in [1.29, 1.82) is 0 Å². The summed E-state index contributed by atoms with van der Waals surface area (Å²) in [5.74, 6) is -0.456. The van der Waals surface area contributed by atoms with Crippen molar-refractivity contribution in [2.45, 2.75) is 44.6 Å². The molecule has 0 unspecified atom stereocenters. The van der Waals surface area contributed by atoms with Crippen molar-refractivity contribution in [1.82, 2.24) is 0 Å². The molecule has 1 saturated carbocycles. The maximum Gasteiger partial charge on any atom is 0.343 e. The third-order valence-corrected chi connectivity index (χ3v) is 6.13. The number of ether oxygens (including phenoxy) is 1. The van der Waals surface area contributed by atoms with E-state index >= 15 is 0 Å². The average Bonchev–Trinajstić information content (AvgIpc) is 2.88. The molecular formula is C22H20Cl2O3. The quantitative estimate of drug-likeness (QED) is 0.583. The number of rotatable bonds is 2. The van der Waals surface area contributed by atoms with E-state index in [0.29, 0.717) is 28.5 Å². The molecule has 2 aromatic carbocycles. The van der Waals surface area contributed by atoms with E-state index in [1.54, 1.807) is 0 Å². The standard InChI is InChI=1S/C22H20Cl2O3/c1-13-11-17(18(24)12-16(13)14-5-7-15(23)8-6-14)19-20(25)22(27-21(19)26)9-3-2-4-10-22/h5-8,11-12,25H,2-4,9-10H2,1H3. The first-order valence-corrected chi connectivity index (χ1v) is 9.90. The van der Waals surface area contributed by atoms with Gasteiger partial charge in [-0.1, -0.05) is 41.8 Å². The minimum absolute atomic E-state index is 0.0349. The van der Waals surface area contributed by atoms with Crippen molar-refractivity contribution >= 4 is 34.7 Å². The van der Waals surface area contributed by atoms with Crippen LogP contribution in [0, 0.1) is 6.92 Å². The molecule has 0 aromatic heterocycles. The summed E-state index contributed by atoms with van der Waals surface area (Å²) in [5, 5.41) is 12.0. The summed E-state index contributed by atoms with van der Waals surface area (Å²) in [6.45, 7) is 1.96. The van der Waals surface area contributed by atoms with Crippen molar-refractivity contribution in [3.8, 4) is 11.1 Å². The van der Waals surface area contributed by atoms with Gasteiger partial charge in [0.25, 0.3) is 0 Å². The van der Waals surface area contributed by atoms with Crippen LogP contribution in [-0.4, -0.2) is 16.7 Å². The molecule has 4 rings (SSSR count). The number of carbonyl (C=O) groups excluding carboxylic acids is 1. The molecule has 3 nitrogen and oxygen atoms in total. The SMILES string of the molecule is Cc1cc(C2=C(O)C3(CCCCC3)OC2=O)c(Cl)cc1-c1ccc(Cl)cc1. The fourth-order valence-corrected chi connectivity index (χ4v) is 4.50. The number of hydrogen-bond acceptors (Lipinski definition) is 3. The molecule has 0 bridgehead atoms. The summed E-state index contributed by atoms with van der Waals surface area (Å²) in [6.07, 6.45) is 4.29. The van der Waals surface area contributed by atoms with Crippen LogP contribution >= 0.6 is 23.2 Å². The van der Waals surface area contributed by atoms with Gasteiger partial charge in [0.1, 0.15) is 5.57 Å².